The van der Waals surface area contributed by atoms with Gasteiger partial charge in [-0.2, -0.15) is 0 Å². The second-order valence-electron chi connectivity index (χ2n) is 8.42. The van der Waals surface area contributed by atoms with Crippen LogP contribution in [0.3, 0.4) is 0 Å². The van der Waals surface area contributed by atoms with Gasteiger partial charge in [0.05, 0.1) is 5.56 Å². The van der Waals surface area contributed by atoms with E-state index in [2.05, 4.69) is 25.1 Å². The molecular formula is C22H25NO4. The van der Waals surface area contributed by atoms with Crippen molar-refractivity contribution in [3.63, 3.8) is 0 Å². The molecule has 1 saturated heterocycles. The third-order valence-electron chi connectivity index (χ3n) is 6.65. The second kappa shape index (κ2) is 6.32. The molecule has 2 saturated carbocycles. The zero-order valence-corrected chi connectivity index (χ0v) is 15.9. The van der Waals surface area contributed by atoms with Crippen LogP contribution in [0.5, 0.6) is 0 Å². The van der Waals surface area contributed by atoms with Crippen LogP contribution in [-0.2, 0) is 14.3 Å². The molecule has 0 aromatic carbocycles. The van der Waals surface area contributed by atoms with E-state index in [4.69, 9.17) is 9.47 Å². The van der Waals surface area contributed by atoms with E-state index in [1.54, 1.807) is 18.3 Å². The molecule has 5 atom stereocenters. The average molecular weight is 367 g/mol. The van der Waals surface area contributed by atoms with Crippen LogP contribution in [0.4, 0.5) is 0 Å². The number of hydrogen-bond donors (Lipinski definition) is 0. The standard InChI is InChI=1S/C22H25NO4/c1-12-5-6-15(11-23-12)21(25)26-18-7-8-22(4)10-19-16(9-17(22)14(18)3)13(2)20(24)27-19/h5-6,11,16-19H,2-3,7-10H2,1,4H3/t16-,17+,18-,19-,22-/m1/s1. The fraction of sp³-hybridized carbons (Fsp3) is 0.500. The number of pyridine rings is 1. The Hall–Kier alpha value is -2.43. The second-order valence-corrected chi connectivity index (χ2v) is 8.42. The van der Waals surface area contributed by atoms with Gasteiger partial charge < -0.3 is 9.47 Å². The summed E-state index contributed by atoms with van der Waals surface area (Å²) in [7, 11) is 0. The van der Waals surface area contributed by atoms with E-state index in [0.717, 1.165) is 37.0 Å². The molecule has 0 unspecified atom stereocenters. The van der Waals surface area contributed by atoms with Crippen molar-refractivity contribution in [3.8, 4) is 0 Å². The van der Waals surface area contributed by atoms with Crippen LogP contribution in [0.2, 0.25) is 0 Å². The number of nitrogens with zero attached hydrogens (tertiary/aromatic N) is 1. The quantitative estimate of drug-likeness (QED) is 0.452. The number of aryl methyl sites for hydroxylation is 1. The molecule has 1 aromatic heterocycles. The molecule has 3 aliphatic rings. The Kier molecular flexibility index (Phi) is 4.21. The first-order valence-corrected chi connectivity index (χ1v) is 9.50. The molecule has 3 fully saturated rings. The monoisotopic (exact) mass is 367 g/mol. The van der Waals surface area contributed by atoms with E-state index >= 15 is 0 Å². The summed E-state index contributed by atoms with van der Waals surface area (Å²) in [5.41, 5.74) is 2.84. The topological polar surface area (TPSA) is 65.5 Å². The molecule has 0 spiro atoms. The molecular weight excluding hydrogens is 342 g/mol. The summed E-state index contributed by atoms with van der Waals surface area (Å²) in [5.74, 6) is -0.404. The van der Waals surface area contributed by atoms with Crippen LogP contribution >= 0.6 is 0 Å². The predicted molar refractivity (Wildman–Crippen MR) is 99.9 cm³/mol. The molecule has 1 aromatic rings. The van der Waals surface area contributed by atoms with Crippen LogP contribution < -0.4 is 0 Å². The molecule has 0 bridgehead atoms. The van der Waals surface area contributed by atoms with Gasteiger partial charge in [-0.15, -0.1) is 0 Å². The molecule has 2 aliphatic carbocycles. The fourth-order valence-corrected chi connectivity index (χ4v) is 4.96. The smallest absolute Gasteiger partial charge is 0.340 e. The highest BCUT2D eigenvalue weighted by Crippen LogP contribution is 2.57. The third kappa shape index (κ3) is 2.99. The van der Waals surface area contributed by atoms with Crippen molar-refractivity contribution in [1.82, 2.24) is 4.98 Å². The average Bonchev–Trinajstić information content (AvgIpc) is 2.90. The lowest BCUT2D eigenvalue weighted by atomic mass is 9.55. The minimum absolute atomic E-state index is 0.0114. The Morgan fingerprint density at radius 2 is 2.15 bits per heavy atom. The zero-order chi connectivity index (χ0) is 19.3. The molecule has 4 rings (SSSR count). The van der Waals surface area contributed by atoms with Gasteiger partial charge in [-0.05, 0) is 61.6 Å². The van der Waals surface area contributed by atoms with Crippen molar-refractivity contribution in [2.24, 2.45) is 17.3 Å². The third-order valence-corrected chi connectivity index (χ3v) is 6.65. The summed E-state index contributed by atoms with van der Waals surface area (Å²) in [6.45, 7) is 12.3. The Morgan fingerprint density at radius 3 is 2.85 bits per heavy atom. The zero-order valence-electron chi connectivity index (χ0n) is 15.9. The highest BCUT2D eigenvalue weighted by atomic mass is 16.6. The molecule has 1 aliphatic heterocycles. The first kappa shape index (κ1) is 18.0. The van der Waals surface area contributed by atoms with Crippen molar-refractivity contribution in [1.29, 1.82) is 0 Å². The minimum atomic E-state index is -0.366. The van der Waals surface area contributed by atoms with E-state index < -0.39 is 0 Å². The number of fused-ring (bicyclic) bond motifs is 2. The Morgan fingerprint density at radius 1 is 1.37 bits per heavy atom. The summed E-state index contributed by atoms with van der Waals surface area (Å²) in [4.78, 5) is 28.6. The lowest BCUT2D eigenvalue weighted by Crippen LogP contribution is -2.47. The lowest BCUT2D eigenvalue weighted by molar-refractivity contribution is -0.142. The molecule has 0 N–H and O–H groups in total. The van der Waals surface area contributed by atoms with Gasteiger partial charge in [0.25, 0.3) is 0 Å². The van der Waals surface area contributed by atoms with Crippen LogP contribution in [0.15, 0.2) is 42.6 Å². The first-order valence-electron chi connectivity index (χ1n) is 9.50. The van der Waals surface area contributed by atoms with Gasteiger partial charge in [-0.25, -0.2) is 9.59 Å². The highest BCUT2D eigenvalue weighted by Gasteiger charge is 2.54. The van der Waals surface area contributed by atoms with Crippen LogP contribution in [0.25, 0.3) is 0 Å². The maximum atomic E-state index is 12.5. The molecule has 5 nitrogen and oxygen atoms in total. The Balaban J connectivity index is 1.50. The minimum Gasteiger partial charge on any atom is -0.458 e. The summed E-state index contributed by atoms with van der Waals surface area (Å²) >= 11 is 0. The fourth-order valence-electron chi connectivity index (χ4n) is 4.96. The molecule has 0 amide bonds. The number of aromatic nitrogens is 1. The summed E-state index contributed by atoms with van der Waals surface area (Å²) < 4.78 is 11.3. The van der Waals surface area contributed by atoms with E-state index in [-0.39, 0.29) is 41.4 Å². The van der Waals surface area contributed by atoms with Gasteiger partial charge >= 0.3 is 11.9 Å². The van der Waals surface area contributed by atoms with E-state index in [1.807, 2.05) is 6.92 Å². The summed E-state index contributed by atoms with van der Waals surface area (Å²) in [6, 6.07) is 3.53. The van der Waals surface area contributed by atoms with E-state index in [9.17, 15) is 9.59 Å². The number of rotatable bonds is 2. The normalized spacial score (nSPS) is 35.3. The maximum absolute atomic E-state index is 12.5. The number of esters is 2. The lowest BCUT2D eigenvalue weighted by Gasteiger charge is -2.51. The van der Waals surface area contributed by atoms with Crippen molar-refractivity contribution in [2.75, 3.05) is 0 Å². The van der Waals surface area contributed by atoms with E-state index in [1.165, 1.54) is 0 Å². The number of carbonyl (C=O) groups is 2. The predicted octanol–water partition coefficient (Wildman–Crippen LogP) is 3.78. The van der Waals surface area contributed by atoms with Gasteiger partial charge in [-0.1, -0.05) is 20.1 Å². The summed E-state index contributed by atoms with van der Waals surface area (Å²) in [5, 5.41) is 0. The molecule has 5 heteroatoms. The van der Waals surface area contributed by atoms with E-state index in [0.29, 0.717) is 11.1 Å². The number of carbonyl (C=O) groups excluding carboxylic acids is 2. The van der Waals surface area contributed by atoms with Crippen molar-refractivity contribution in [3.05, 3.63) is 53.9 Å². The van der Waals surface area contributed by atoms with Gasteiger partial charge in [0.15, 0.2) is 0 Å². The molecule has 27 heavy (non-hydrogen) atoms. The van der Waals surface area contributed by atoms with Crippen LogP contribution in [0.1, 0.15) is 48.7 Å². The van der Waals surface area contributed by atoms with Crippen molar-refractivity contribution in [2.45, 2.75) is 51.7 Å². The number of hydrogen-bond acceptors (Lipinski definition) is 5. The highest BCUT2D eigenvalue weighted by molar-refractivity contribution is 5.91. The van der Waals surface area contributed by atoms with Gasteiger partial charge in [0.2, 0.25) is 0 Å². The first-order chi connectivity index (χ1) is 12.8. The van der Waals surface area contributed by atoms with Gasteiger partial charge in [0.1, 0.15) is 12.2 Å². The van der Waals surface area contributed by atoms with Crippen LogP contribution in [0, 0.1) is 24.2 Å². The molecule has 142 valence electrons. The molecule has 0 radical (unpaired) electrons. The van der Waals surface area contributed by atoms with Gasteiger partial charge in [0, 0.05) is 23.4 Å². The summed E-state index contributed by atoms with van der Waals surface area (Å²) in [6.07, 6.45) is 4.41. The Bertz CT molecular complexity index is 827. The largest absolute Gasteiger partial charge is 0.458 e. The number of ether oxygens (including phenoxy) is 2. The van der Waals surface area contributed by atoms with Gasteiger partial charge in [-0.3, -0.25) is 4.98 Å². The molecule has 2 heterocycles. The SMILES string of the molecule is C=C1C(=O)O[C@@H]2C[C@@]3(C)CC[C@@H](OC(=O)c4ccc(C)nc4)C(=C)[C@@H]3C[C@H]12. The Labute approximate surface area is 159 Å². The maximum Gasteiger partial charge on any atom is 0.340 e. The van der Waals surface area contributed by atoms with Crippen molar-refractivity contribution >= 4 is 11.9 Å². The van der Waals surface area contributed by atoms with Crippen LogP contribution in [-0.4, -0.2) is 29.1 Å². The van der Waals surface area contributed by atoms with Crippen molar-refractivity contribution < 1.29 is 19.1 Å².